The fourth-order valence-electron chi connectivity index (χ4n) is 3.03. The highest BCUT2D eigenvalue weighted by Crippen LogP contribution is 2.29. The number of sulfonamides is 1. The summed E-state index contributed by atoms with van der Waals surface area (Å²) in [6.45, 7) is 5.01. The molecule has 1 amide bonds. The molecule has 1 N–H and O–H groups in total. The van der Waals surface area contributed by atoms with E-state index >= 15 is 0 Å². The number of anilines is 1. The van der Waals surface area contributed by atoms with Crippen molar-refractivity contribution in [2.24, 2.45) is 0 Å². The van der Waals surface area contributed by atoms with Crippen LogP contribution in [0.1, 0.15) is 38.2 Å². The number of halogens is 1. The summed E-state index contributed by atoms with van der Waals surface area (Å²) in [5.41, 5.74) is 1.64. The highest BCUT2D eigenvalue weighted by atomic mass is 35.5. The van der Waals surface area contributed by atoms with Crippen LogP contribution in [0.15, 0.2) is 48.5 Å². The van der Waals surface area contributed by atoms with Crippen LogP contribution in [-0.4, -0.2) is 40.3 Å². The Bertz CT molecular complexity index is 930. The zero-order valence-corrected chi connectivity index (χ0v) is 19.2. The Labute approximate surface area is 184 Å². The summed E-state index contributed by atoms with van der Waals surface area (Å²) in [6.07, 6.45) is 1.85. The second-order valence-electron chi connectivity index (χ2n) is 7.30. The first-order chi connectivity index (χ1) is 14.2. The van der Waals surface area contributed by atoms with E-state index in [1.807, 2.05) is 38.1 Å². The molecule has 30 heavy (non-hydrogen) atoms. The van der Waals surface area contributed by atoms with Crippen molar-refractivity contribution in [1.29, 1.82) is 0 Å². The average molecular weight is 453 g/mol. The maximum atomic E-state index is 12.3. The van der Waals surface area contributed by atoms with Crippen LogP contribution in [-0.2, 0) is 14.8 Å². The Morgan fingerprint density at radius 1 is 1.13 bits per heavy atom. The zero-order valence-electron chi connectivity index (χ0n) is 17.6. The Morgan fingerprint density at radius 3 is 2.43 bits per heavy atom. The third kappa shape index (κ3) is 7.54. The summed E-state index contributed by atoms with van der Waals surface area (Å²) in [4.78, 5) is 12.1. The first-order valence-corrected chi connectivity index (χ1v) is 12.1. The molecule has 2 aromatic rings. The molecule has 0 aliphatic rings. The van der Waals surface area contributed by atoms with Crippen LogP contribution in [0.4, 0.5) is 5.69 Å². The van der Waals surface area contributed by atoms with E-state index in [-0.39, 0.29) is 24.8 Å². The number of hydrogen-bond donors (Lipinski definition) is 1. The fraction of sp³-hybridized carbons (Fsp3) is 0.409. The lowest BCUT2D eigenvalue weighted by Gasteiger charge is -2.26. The van der Waals surface area contributed by atoms with Gasteiger partial charge in [0.1, 0.15) is 12.4 Å². The average Bonchev–Trinajstić information content (AvgIpc) is 2.69. The number of amides is 1. The van der Waals surface area contributed by atoms with Crippen molar-refractivity contribution in [3.05, 3.63) is 59.1 Å². The molecule has 0 radical (unpaired) electrons. The predicted octanol–water partition coefficient (Wildman–Crippen LogP) is 4.20. The molecule has 0 saturated carbocycles. The molecule has 8 heteroatoms. The van der Waals surface area contributed by atoms with Gasteiger partial charge in [-0.15, -0.1) is 0 Å². The molecule has 0 unspecified atom stereocenters. The highest BCUT2D eigenvalue weighted by molar-refractivity contribution is 7.92. The second-order valence-corrected chi connectivity index (χ2v) is 9.65. The summed E-state index contributed by atoms with van der Waals surface area (Å²) < 4.78 is 31.6. The molecule has 0 bridgehead atoms. The van der Waals surface area contributed by atoms with Crippen LogP contribution in [0.3, 0.4) is 0 Å². The van der Waals surface area contributed by atoms with Crippen LogP contribution in [0, 0.1) is 0 Å². The van der Waals surface area contributed by atoms with Gasteiger partial charge in [0.2, 0.25) is 15.9 Å². The molecule has 164 valence electrons. The molecule has 0 atom stereocenters. The fourth-order valence-corrected chi connectivity index (χ4v) is 4.14. The van der Waals surface area contributed by atoms with Crippen molar-refractivity contribution in [3.8, 4) is 5.75 Å². The minimum atomic E-state index is -3.45. The van der Waals surface area contributed by atoms with Gasteiger partial charge in [0.05, 0.1) is 18.5 Å². The largest absolute Gasteiger partial charge is 0.492 e. The van der Waals surface area contributed by atoms with Crippen molar-refractivity contribution in [2.45, 2.75) is 32.6 Å². The maximum absolute atomic E-state index is 12.3. The molecule has 6 nitrogen and oxygen atoms in total. The van der Waals surface area contributed by atoms with Gasteiger partial charge in [-0.2, -0.15) is 0 Å². The number of hydrogen-bond acceptors (Lipinski definition) is 4. The summed E-state index contributed by atoms with van der Waals surface area (Å²) in [5.74, 6) is 0.732. The van der Waals surface area contributed by atoms with E-state index in [4.69, 9.17) is 16.3 Å². The Balaban J connectivity index is 1.82. The lowest BCUT2D eigenvalue weighted by Crippen LogP contribution is -2.33. The first kappa shape index (κ1) is 24.0. The number of nitrogens with zero attached hydrogens (tertiary/aromatic N) is 1. The molecule has 2 rings (SSSR count). The summed E-state index contributed by atoms with van der Waals surface area (Å²) in [7, 11) is -3.45. The molecule has 0 saturated heterocycles. The van der Waals surface area contributed by atoms with E-state index in [2.05, 4.69) is 5.32 Å². The Kier molecular flexibility index (Phi) is 8.99. The molecular formula is C22H29ClN2O4S. The molecule has 0 heterocycles. The van der Waals surface area contributed by atoms with Crippen LogP contribution >= 0.6 is 11.6 Å². The lowest BCUT2D eigenvalue weighted by atomic mass is 10.0. The van der Waals surface area contributed by atoms with Gasteiger partial charge in [0, 0.05) is 18.0 Å². The third-order valence-corrected chi connectivity index (χ3v) is 5.93. The Hall–Kier alpha value is -2.25. The molecule has 2 aromatic carbocycles. The lowest BCUT2D eigenvalue weighted by molar-refractivity contribution is -0.121. The molecule has 0 aliphatic carbocycles. The van der Waals surface area contributed by atoms with Gasteiger partial charge in [-0.25, -0.2) is 8.42 Å². The van der Waals surface area contributed by atoms with Crippen molar-refractivity contribution in [2.75, 3.05) is 30.3 Å². The van der Waals surface area contributed by atoms with E-state index in [1.54, 1.807) is 24.3 Å². The van der Waals surface area contributed by atoms with E-state index in [9.17, 15) is 13.2 Å². The minimum Gasteiger partial charge on any atom is -0.492 e. The van der Waals surface area contributed by atoms with Crippen LogP contribution in [0.5, 0.6) is 5.75 Å². The third-order valence-electron chi connectivity index (χ3n) is 4.50. The van der Waals surface area contributed by atoms with Gasteiger partial charge in [-0.3, -0.25) is 9.10 Å². The van der Waals surface area contributed by atoms with Crippen LogP contribution in [0.25, 0.3) is 0 Å². The summed E-state index contributed by atoms with van der Waals surface area (Å²) in [6, 6.07) is 14.5. The molecule has 0 aliphatic heterocycles. The maximum Gasteiger partial charge on any atom is 0.232 e. The molecule has 0 fully saturated rings. The van der Waals surface area contributed by atoms with Gasteiger partial charge in [0.25, 0.3) is 0 Å². The SMILES string of the molecule is CC(C)c1ccccc1N(CCCC(=O)NCCOc1ccc(Cl)cc1)S(C)(=O)=O. The number of rotatable bonds is 11. The molecular weight excluding hydrogens is 424 g/mol. The van der Waals surface area contributed by atoms with E-state index in [0.717, 1.165) is 5.56 Å². The quantitative estimate of drug-likeness (QED) is 0.518. The van der Waals surface area contributed by atoms with E-state index in [1.165, 1.54) is 10.6 Å². The monoisotopic (exact) mass is 452 g/mol. The van der Waals surface area contributed by atoms with Gasteiger partial charge >= 0.3 is 0 Å². The number of benzene rings is 2. The molecule has 0 spiro atoms. The number of para-hydroxylation sites is 1. The molecule has 0 aromatic heterocycles. The van der Waals surface area contributed by atoms with Crippen LogP contribution in [0.2, 0.25) is 5.02 Å². The highest BCUT2D eigenvalue weighted by Gasteiger charge is 2.21. The van der Waals surface area contributed by atoms with Crippen molar-refractivity contribution in [1.82, 2.24) is 5.32 Å². The smallest absolute Gasteiger partial charge is 0.232 e. The Morgan fingerprint density at radius 2 is 1.80 bits per heavy atom. The van der Waals surface area contributed by atoms with E-state index < -0.39 is 10.0 Å². The van der Waals surface area contributed by atoms with Gasteiger partial charge in [-0.05, 0) is 48.2 Å². The number of ether oxygens (including phenoxy) is 1. The topological polar surface area (TPSA) is 75.7 Å². The second kappa shape index (κ2) is 11.2. The number of carbonyl (C=O) groups is 1. The summed E-state index contributed by atoms with van der Waals surface area (Å²) >= 11 is 5.82. The normalized spacial score (nSPS) is 11.4. The van der Waals surface area contributed by atoms with E-state index in [0.29, 0.717) is 36.0 Å². The standard InChI is InChI=1S/C22H29ClN2O4S/c1-17(2)20-7-4-5-8-21(20)25(30(3,27)28)15-6-9-22(26)24-14-16-29-19-12-10-18(23)11-13-19/h4-5,7-8,10-13,17H,6,9,14-16H2,1-3H3,(H,24,26). The first-order valence-electron chi connectivity index (χ1n) is 9.90. The predicted molar refractivity (Wildman–Crippen MR) is 122 cm³/mol. The van der Waals surface area contributed by atoms with Gasteiger partial charge in [0.15, 0.2) is 0 Å². The van der Waals surface area contributed by atoms with Gasteiger partial charge < -0.3 is 10.1 Å². The van der Waals surface area contributed by atoms with Crippen molar-refractivity contribution in [3.63, 3.8) is 0 Å². The van der Waals surface area contributed by atoms with Gasteiger partial charge in [-0.1, -0.05) is 43.6 Å². The van der Waals surface area contributed by atoms with Crippen molar-refractivity contribution >= 4 is 33.2 Å². The zero-order chi connectivity index (χ0) is 22.1. The van der Waals surface area contributed by atoms with Crippen molar-refractivity contribution < 1.29 is 17.9 Å². The number of carbonyl (C=O) groups excluding carboxylic acids is 1. The number of nitrogens with one attached hydrogen (secondary N) is 1. The minimum absolute atomic E-state index is 0.139. The van der Waals surface area contributed by atoms with Crippen LogP contribution < -0.4 is 14.4 Å². The summed E-state index contributed by atoms with van der Waals surface area (Å²) in [5, 5.41) is 3.42.